The van der Waals surface area contributed by atoms with Gasteiger partial charge >= 0.3 is 0 Å². The summed E-state index contributed by atoms with van der Waals surface area (Å²) < 4.78 is 0. The quantitative estimate of drug-likeness (QED) is 0.326. The van der Waals surface area contributed by atoms with Gasteiger partial charge in [-0.15, -0.1) is 0 Å². The van der Waals surface area contributed by atoms with E-state index in [9.17, 15) is 10.1 Å². The van der Waals surface area contributed by atoms with Gasteiger partial charge in [0.05, 0.1) is 4.92 Å². The first-order valence-corrected chi connectivity index (χ1v) is 7.56. The van der Waals surface area contributed by atoms with E-state index in [1.54, 1.807) is 18.2 Å². The molecule has 120 valence electrons. The molecule has 0 aliphatic rings. The van der Waals surface area contributed by atoms with Crippen LogP contribution < -0.4 is 16.0 Å². The number of anilines is 2. The number of thiocarbonyl (C=S) groups is 1. The fraction of sp³-hybridized carbons (Fsp3) is 0.188. The summed E-state index contributed by atoms with van der Waals surface area (Å²) in [6, 6.07) is 14.5. The molecule has 0 saturated carbocycles. The molecular weight excluding hydrogens is 312 g/mol. The summed E-state index contributed by atoms with van der Waals surface area (Å²) in [6.45, 7) is 3.07. The van der Waals surface area contributed by atoms with Crippen molar-refractivity contribution < 1.29 is 4.92 Å². The van der Waals surface area contributed by atoms with Crippen LogP contribution in [0.1, 0.15) is 5.56 Å². The Morgan fingerprint density at radius 2 is 1.96 bits per heavy atom. The van der Waals surface area contributed by atoms with Crippen LogP contribution in [-0.4, -0.2) is 23.1 Å². The Labute approximate surface area is 140 Å². The molecular formula is C16H18N4O2S. The Kier molecular flexibility index (Phi) is 5.87. The summed E-state index contributed by atoms with van der Waals surface area (Å²) in [5.74, 6) is 0. The highest BCUT2D eigenvalue weighted by Crippen LogP contribution is 2.22. The van der Waals surface area contributed by atoms with Crippen LogP contribution in [0.25, 0.3) is 0 Å². The molecule has 0 atom stereocenters. The summed E-state index contributed by atoms with van der Waals surface area (Å²) >= 11 is 5.22. The van der Waals surface area contributed by atoms with Crippen molar-refractivity contribution in [3.05, 3.63) is 64.2 Å². The van der Waals surface area contributed by atoms with E-state index in [4.69, 9.17) is 12.2 Å². The molecule has 0 aliphatic carbocycles. The highest BCUT2D eigenvalue weighted by Gasteiger charge is 2.11. The zero-order valence-corrected chi connectivity index (χ0v) is 13.5. The smallest absolute Gasteiger partial charge is 0.292 e. The van der Waals surface area contributed by atoms with Gasteiger partial charge in [0.25, 0.3) is 5.69 Å². The standard InChI is InChI=1S/C16H18N4O2S/c1-12-5-4-6-13(11-12)19-16(23)18-10-9-17-14-7-2-3-8-15(14)20(21)22/h2-8,11,17H,9-10H2,1H3,(H2,18,19,23). The van der Waals surface area contributed by atoms with Gasteiger partial charge in [-0.25, -0.2) is 0 Å². The van der Waals surface area contributed by atoms with E-state index in [0.717, 1.165) is 11.3 Å². The number of aryl methyl sites for hydroxylation is 1. The highest BCUT2D eigenvalue weighted by atomic mass is 32.1. The van der Waals surface area contributed by atoms with Gasteiger partial charge in [0.2, 0.25) is 0 Å². The molecule has 0 heterocycles. The van der Waals surface area contributed by atoms with Crippen LogP contribution in [0.15, 0.2) is 48.5 Å². The third-order valence-corrected chi connectivity index (χ3v) is 3.35. The maximum Gasteiger partial charge on any atom is 0.292 e. The Morgan fingerprint density at radius 3 is 2.70 bits per heavy atom. The van der Waals surface area contributed by atoms with E-state index < -0.39 is 4.92 Å². The fourth-order valence-corrected chi connectivity index (χ4v) is 2.27. The lowest BCUT2D eigenvalue weighted by molar-refractivity contribution is -0.384. The molecule has 0 saturated heterocycles. The van der Waals surface area contributed by atoms with Crippen molar-refractivity contribution in [1.29, 1.82) is 0 Å². The number of nitro benzene ring substituents is 1. The van der Waals surface area contributed by atoms with Gasteiger partial charge in [-0.05, 0) is 42.9 Å². The van der Waals surface area contributed by atoms with Crippen LogP contribution in [0.5, 0.6) is 0 Å². The van der Waals surface area contributed by atoms with E-state index >= 15 is 0 Å². The first kappa shape index (κ1) is 16.7. The van der Waals surface area contributed by atoms with Crippen LogP contribution in [0, 0.1) is 17.0 Å². The predicted molar refractivity (Wildman–Crippen MR) is 97.0 cm³/mol. The van der Waals surface area contributed by atoms with Crippen molar-refractivity contribution in [3.8, 4) is 0 Å². The SMILES string of the molecule is Cc1cccc(NC(=S)NCCNc2ccccc2[N+](=O)[O-])c1. The van der Waals surface area contributed by atoms with Crippen LogP contribution in [0.2, 0.25) is 0 Å². The molecule has 0 bridgehead atoms. The van der Waals surface area contributed by atoms with Crippen LogP contribution in [0.4, 0.5) is 17.1 Å². The number of hydrogen-bond acceptors (Lipinski definition) is 4. The lowest BCUT2D eigenvalue weighted by Crippen LogP contribution is -2.32. The average Bonchev–Trinajstić information content (AvgIpc) is 2.52. The van der Waals surface area contributed by atoms with E-state index in [1.807, 2.05) is 31.2 Å². The lowest BCUT2D eigenvalue weighted by Gasteiger charge is -2.12. The Morgan fingerprint density at radius 1 is 1.17 bits per heavy atom. The average molecular weight is 330 g/mol. The van der Waals surface area contributed by atoms with E-state index in [1.165, 1.54) is 6.07 Å². The fourth-order valence-electron chi connectivity index (χ4n) is 2.05. The van der Waals surface area contributed by atoms with Crippen molar-refractivity contribution in [2.45, 2.75) is 6.92 Å². The van der Waals surface area contributed by atoms with Gasteiger partial charge in [0.15, 0.2) is 5.11 Å². The third kappa shape index (κ3) is 5.23. The van der Waals surface area contributed by atoms with Gasteiger partial charge < -0.3 is 16.0 Å². The summed E-state index contributed by atoms with van der Waals surface area (Å²) in [5.41, 5.74) is 2.63. The molecule has 0 unspecified atom stereocenters. The molecule has 6 nitrogen and oxygen atoms in total. The van der Waals surface area contributed by atoms with E-state index in [2.05, 4.69) is 16.0 Å². The number of hydrogen-bond donors (Lipinski definition) is 3. The normalized spacial score (nSPS) is 9.96. The van der Waals surface area contributed by atoms with Crippen LogP contribution in [0.3, 0.4) is 0 Å². The Balaban J connectivity index is 1.77. The number of nitro groups is 1. The minimum atomic E-state index is -0.403. The summed E-state index contributed by atoms with van der Waals surface area (Å²) in [4.78, 5) is 10.5. The van der Waals surface area contributed by atoms with Gasteiger partial charge in [-0.1, -0.05) is 24.3 Å². The predicted octanol–water partition coefficient (Wildman–Crippen LogP) is 3.30. The molecule has 0 aromatic heterocycles. The number of rotatable bonds is 6. The summed E-state index contributed by atoms with van der Waals surface area (Å²) in [5, 5.41) is 20.6. The van der Waals surface area contributed by atoms with Crippen molar-refractivity contribution in [3.63, 3.8) is 0 Å². The molecule has 7 heteroatoms. The van der Waals surface area contributed by atoms with Gasteiger partial charge in [-0.3, -0.25) is 10.1 Å². The van der Waals surface area contributed by atoms with Crippen molar-refractivity contribution in [1.82, 2.24) is 5.32 Å². The Bertz CT molecular complexity index is 706. The molecule has 2 rings (SSSR count). The number of benzene rings is 2. The largest absolute Gasteiger partial charge is 0.378 e. The van der Waals surface area contributed by atoms with E-state index in [0.29, 0.717) is 23.9 Å². The lowest BCUT2D eigenvalue weighted by atomic mass is 10.2. The maximum atomic E-state index is 10.9. The van der Waals surface area contributed by atoms with Crippen molar-refractivity contribution in [2.24, 2.45) is 0 Å². The molecule has 23 heavy (non-hydrogen) atoms. The molecule has 2 aromatic rings. The summed E-state index contributed by atoms with van der Waals surface area (Å²) in [6.07, 6.45) is 0. The third-order valence-electron chi connectivity index (χ3n) is 3.10. The second kappa shape index (κ2) is 8.09. The number of para-hydroxylation sites is 2. The summed E-state index contributed by atoms with van der Waals surface area (Å²) in [7, 11) is 0. The van der Waals surface area contributed by atoms with Crippen molar-refractivity contribution in [2.75, 3.05) is 23.7 Å². The minimum absolute atomic E-state index is 0.0629. The molecule has 0 spiro atoms. The van der Waals surface area contributed by atoms with Crippen LogP contribution >= 0.6 is 12.2 Å². The monoisotopic (exact) mass is 330 g/mol. The zero-order valence-electron chi connectivity index (χ0n) is 12.7. The van der Waals surface area contributed by atoms with Crippen LogP contribution in [-0.2, 0) is 0 Å². The highest BCUT2D eigenvalue weighted by molar-refractivity contribution is 7.80. The first-order valence-electron chi connectivity index (χ1n) is 7.15. The van der Waals surface area contributed by atoms with Gasteiger partial charge in [0.1, 0.15) is 5.69 Å². The molecule has 3 N–H and O–H groups in total. The number of nitrogens with one attached hydrogen (secondary N) is 3. The second-order valence-corrected chi connectivity index (χ2v) is 5.36. The molecule has 2 aromatic carbocycles. The molecule has 0 radical (unpaired) electrons. The van der Waals surface area contributed by atoms with Crippen molar-refractivity contribution >= 4 is 34.4 Å². The van der Waals surface area contributed by atoms with E-state index in [-0.39, 0.29) is 5.69 Å². The second-order valence-electron chi connectivity index (χ2n) is 4.95. The number of nitrogens with zero attached hydrogens (tertiary/aromatic N) is 1. The minimum Gasteiger partial charge on any atom is -0.378 e. The zero-order chi connectivity index (χ0) is 16.7. The topological polar surface area (TPSA) is 79.2 Å². The molecule has 0 amide bonds. The molecule has 0 aliphatic heterocycles. The maximum absolute atomic E-state index is 10.9. The van der Waals surface area contributed by atoms with Gasteiger partial charge in [-0.2, -0.15) is 0 Å². The molecule has 0 fully saturated rings. The first-order chi connectivity index (χ1) is 11.1. The van der Waals surface area contributed by atoms with Gasteiger partial charge in [0, 0.05) is 24.8 Å². The Hall–Kier alpha value is -2.67.